The predicted octanol–water partition coefficient (Wildman–Crippen LogP) is 3.06. The molecule has 3 N–H and O–H groups in total. The number of aliphatic hydroxyl groups is 2. The second-order valence-corrected chi connectivity index (χ2v) is 11.1. The van der Waals surface area contributed by atoms with Crippen LogP contribution >= 0.6 is 0 Å². The van der Waals surface area contributed by atoms with E-state index in [-0.39, 0.29) is 30.6 Å². The Morgan fingerprint density at radius 1 is 0.902 bits per heavy atom. The molecule has 41 heavy (non-hydrogen) atoms. The SMILES string of the molecule is COc1ccc(NC(=O)N2CC(O)C(O)CN3[C@H](CN(C)C)[C@H](c4ccc(C#Cc5ccccc5)cc4)[C@@H]3C2)cc1. The Labute approximate surface area is 242 Å². The first kappa shape index (κ1) is 28.7. The maximum absolute atomic E-state index is 13.4. The average Bonchev–Trinajstić information content (AvgIpc) is 2.98. The largest absolute Gasteiger partial charge is 0.497 e. The van der Waals surface area contributed by atoms with E-state index < -0.39 is 12.2 Å². The summed E-state index contributed by atoms with van der Waals surface area (Å²) in [7, 11) is 5.67. The smallest absolute Gasteiger partial charge is 0.321 e. The van der Waals surface area contributed by atoms with Gasteiger partial charge in [0.2, 0.25) is 0 Å². The molecule has 2 unspecified atom stereocenters. The van der Waals surface area contributed by atoms with Crippen LogP contribution in [0.4, 0.5) is 10.5 Å². The number of nitrogens with one attached hydrogen (secondary N) is 1. The van der Waals surface area contributed by atoms with Gasteiger partial charge in [0.05, 0.1) is 25.9 Å². The van der Waals surface area contributed by atoms with Crippen molar-refractivity contribution in [3.05, 3.63) is 95.6 Å². The lowest BCUT2D eigenvalue weighted by molar-refractivity contribution is -0.105. The van der Waals surface area contributed by atoms with Gasteiger partial charge >= 0.3 is 6.03 Å². The molecular weight excluding hydrogens is 516 g/mol. The monoisotopic (exact) mass is 554 g/mol. The van der Waals surface area contributed by atoms with Gasteiger partial charge in [-0.05, 0) is 68.2 Å². The van der Waals surface area contributed by atoms with Gasteiger partial charge in [-0.25, -0.2) is 4.79 Å². The third kappa shape index (κ3) is 6.72. The Balaban J connectivity index is 1.38. The lowest BCUT2D eigenvalue weighted by Gasteiger charge is -2.59. The van der Waals surface area contributed by atoms with Gasteiger partial charge < -0.3 is 30.1 Å². The molecule has 0 saturated carbocycles. The van der Waals surface area contributed by atoms with Crippen LogP contribution in [-0.2, 0) is 0 Å². The van der Waals surface area contributed by atoms with Crippen molar-refractivity contribution < 1.29 is 19.7 Å². The molecule has 8 nitrogen and oxygen atoms in total. The number of fused-ring (bicyclic) bond motifs is 1. The Morgan fingerprint density at radius 3 is 2.17 bits per heavy atom. The van der Waals surface area contributed by atoms with Gasteiger partial charge in [0, 0.05) is 54.5 Å². The molecule has 2 amide bonds. The van der Waals surface area contributed by atoms with E-state index in [0.29, 0.717) is 24.5 Å². The van der Waals surface area contributed by atoms with E-state index in [1.165, 1.54) is 5.56 Å². The number of aliphatic hydroxyl groups excluding tert-OH is 2. The molecule has 2 saturated heterocycles. The van der Waals surface area contributed by atoms with Gasteiger partial charge in [-0.1, -0.05) is 42.2 Å². The zero-order valence-corrected chi connectivity index (χ0v) is 23.8. The summed E-state index contributed by atoms with van der Waals surface area (Å²) >= 11 is 0. The number of carbonyl (C=O) groups is 1. The lowest BCUT2D eigenvalue weighted by Crippen LogP contribution is -2.71. The fourth-order valence-electron chi connectivity index (χ4n) is 5.82. The molecule has 8 heteroatoms. The first-order valence-electron chi connectivity index (χ1n) is 14.0. The standard InChI is InChI=1S/C33H38N4O4/c1-35(2)19-28-32(25-13-11-24(12-14-25)10-9-23-7-5-4-6-8-23)29-20-36(21-30(38)31(39)22-37(28)29)33(40)34-26-15-17-27(41-3)18-16-26/h4-8,11-18,28-32,38-39H,19-22H2,1-3H3,(H,34,40)/t28-,29+,30?,31?,32+/m1/s1. The number of anilines is 1. The summed E-state index contributed by atoms with van der Waals surface area (Å²) in [6.45, 7) is 1.62. The molecular formula is C33H38N4O4. The van der Waals surface area contributed by atoms with Crippen LogP contribution in [0, 0.1) is 11.8 Å². The van der Waals surface area contributed by atoms with E-state index in [4.69, 9.17) is 4.74 Å². The molecule has 3 aromatic carbocycles. The molecule has 3 aromatic rings. The Kier molecular flexibility index (Phi) is 8.91. The van der Waals surface area contributed by atoms with Gasteiger partial charge in [-0.15, -0.1) is 0 Å². The number of nitrogens with zero attached hydrogens (tertiary/aromatic N) is 3. The third-order valence-corrected chi connectivity index (χ3v) is 7.94. The van der Waals surface area contributed by atoms with E-state index in [9.17, 15) is 15.0 Å². The number of likely N-dealkylation sites (N-methyl/N-ethyl adjacent to an activating group) is 1. The topological polar surface area (TPSA) is 88.5 Å². The molecule has 0 aromatic heterocycles. The van der Waals surface area contributed by atoms with E-state index in [2.05, 4.69) is 51.2 Å². The van der Waals surface area contributed by atoms with Crippen molar-refractivity contribution in [2.24, 2.45) is 0 Å². The molecule has 0 spiro atoms. The summed E-state index contributed by atoms with van der Waals surface area (Å²) in [6.07, 6.45) is -2.01. The second kappa shape index (κ2) is 12.8. The number of ether oxygens (including phenoxy) is 1. The van der Waals surface area contributed by atoms with Crippen molar-refractivity contribution in [3.8, 4) is 17.6 Å². The zero-order valence-electron chi connectivity index (χ0n) is 23.8. The summed E-state index contributed by atoms with van der Waals surface area (Å²) in [5.41, 5.74) is 3.72. The number of benzene rings is 3. The summed E-state index contributed by atoms with van der Waals surface area (Å²) in [6, 6.07) is 25.2. The number of carbonyl (C=O) groups excluding carboxylic acids is 1. The van der Waals surface area contributed by atoms with Crippen LogP contribution < -0.4 is 10.1 Å². The normalized spacial score (nSPS) is 24.2. The number of β-amino-alcohol motifs (C(OH)–C–C–N with tert-alkyl or cyclic N) is 1. The van der Waals surface area contributed by atoms with Crippen LogP contribution in [0.2, 0.25) is 0 Å². The highest BCUT2D eigenvalue weighted by Crippen LogP contribution is 2.42. The van der Waals surface area contributed by atoms with Crippen LogP contribution in [-0.4, -0.2) is 103 Å². The van der Waals surface area contributed by atoms with E-state index in [1.807, 2.05) is 44.4 Å². The number of rotatable bonds is 5. The number of hydrogen-bond donors (Lipinski definition) is 3. The Bertz CT molecular complexity index is 1370. The lowest BCUT2D eigenvalue weighted by atomic mass is 9.73. The first-order chi connectivity index (χ1) is 19.8. The maximum Gasteiger partial charge on any atom is 0.321 e. The molecule has 2 aliphatic heterocycles. The van der Waals surface area contributed by atoms with E-state index >= 15 is 0 Å². The van der Waals surface area contributed by atoms with Crippen LogP contribution in [0.25, 0.3) is 0 Å². The van der Waals surface area contributed by atoms with Gasteiger partial charge in [0.1, 0.15) is 5.75 Å². The minimum atomic E-state index is -1.04. The fourth-order valence-corrected chi connectivity index (χ4v) is 5.82. The number of hydrogen-bond acceptors (Lipinski definition) is 6. The van der Waals surface area contributed by atoms with Crippen molar-refractivity contribution in [1.82, 2.24) is 14.7 Å². The van der Waals surface area contributed by atoms with Gasteiger partial charge in [-0.3, -0.25) is 4.90 Å². The van der Waals surface area contributed by atoms with E-state index in [1.54, 1.807) is 36.3 Å². The summed E-state index contributed by atoms with van der Waals surface area (Å²) in [4.78, 5) is 19.4. The Morgan fingerprint density at radius 2 is 1.54 bits per heavy atom. The molecule has 0 bridgehead atoms. The van der Waals surface area contributed by atoms with Crippen molar-refractivity contribution >= 4 is 11.7 Å². The molecule has 0 radical (unpaired) electrons. The Hall–Kier alpha value is -3.87. The molecule has 5 rings (SSSR count). The van der Waals surface area contributed by atoms with Crippen molar-refractivity contribution in [1.29, 1.82) is 0 Å². The predicted molar refractivity (Wildman–Crippen MR) is 160 cm³/mol. The van der Waals surface area contributed by atoms with Crippen LogP contribution in [0.15, 0.2) is 78.9 Å². The van der Waals surface area contributed by atoms with E-state index in [0.717, 1.165) is 17.7 Å². The molecule has 2 heterocycles. The highest BCUT2D eigenvalue weighted by molar-refractivity contribution is 5.89. The van der Waals surface area contributed by atoms with Crippen LogP contribution in [0.3, 0.4) is 0 Å². The molecule has 0 aliphatic carbocycles. The summed E-state index contributed by atoms with van der Waals surface area (Å²) in [5.74, 6) is 7.30. The van der Waals surface area contributed by atoms with Crippen molar-refractivity contribution in [3.63, 3.8) is 0 Å². The van der Waals surface area contributed by atoms with Gasteiger partial charge in [0.25, 0.3) is 0 Å². The third-order valence-electron chi connectivity index (χ3n) is 7.94. The first-order valence-corrected chi connectivity index (χ1v) is 14.0. The zero-order chi connectivity index (χ0) is 28.9. The summed E-state index contributed by atoms with van der Waals surface area (Å²) < 4.78 is 5.21. The van der Waals surface area contributed by atoms with Gasteiger partial charge in [-0.2, -0.15) is 0 Å². The minimum Gasteiger partial charge on any atom is -0.497 e. The van der Waals surface area contributed by atoms with Crippen molar-refractivity contribution in [2.75, 3.05) is 52.7 Å². The number of methoxy groups -OCH3 is 1. The van der Waals surface area contributed by atoms with Crippen molar-refractivity contribution in [2.45, 2.75) is 30.2 Å². The molecule has 2 aliphatic rings. The molecule has 5 atom stereocenters. The maximum atomic E-state index is 13.4. The molecule has 214 valence electrons. The number of amides is 2. The number of urea groups is 1. The van der Waals surface area contributed by atoms with Crippen LogP contribution in [0.5, 0.6) is 5.75 Å². The van der Waals surface area contributed by atoms with Crippen LogP contribution in [0.1, 0.15) is 22.6 Å². The highest BCUT2D eigenvalue weighted by Gasteiger charge is 2.51. The fraction of sp³-hybridized carbons (Fsp3) is 0.364. The summed E-state index contributed by atoms with van der Waals surface area (Å²) in [5, 5.41) is 24.5. The quantitative estimate of drug-likeness (QED) is 0.421. The minimum absolute atomic E-state index is 0.00929. The average molecular weight is 555 g/mol. The van der Waals surface area contributed by atoms with Gasteiger partial charge in [0.15, 0.2) is 0 Å². The highest BCUT2D eigenvalue weighted by atomic mass is 16.5. The second-order valence-electron chi connectivity index (χ2n) is 11.1. The molecule has 2 fully saturated rings.